The van der Waals surface area contributed by atoms with Crippen molar-refractivity contribution in [3.8, 4) is 0 Å². The number of pyridine rings is 1. The Bertz CT molecular complexity index is 1110. The zero-order valence-electron chi connectivity index (χ0n) is 15.5. The van der Waals surface area contributed by atoms with E-state index in [9.17, 15) is 19.1 Å². The van der Waals surface area contributed by atoms with Gasteiger partial charge in [0.1, 0.15) is 17.6 Å². The van der Waals surface area contributed by atoms with Crippen LogP contribution >= 0.6 is 11.3 Å². The third kappa shape index (κ3) is 3.45. The summed E-state index contributed by atoms with van der Waals surface area (Å²) in [7, 11) is 0. The third-order valence-corrected chi connectivity index (χ3v) is 5.77. The lowest BCUT2D eigenvalue weighted by Crippen LogP contribution is -2.29. The number of nitrogens with zero attached hydrogens (tertiary/aromatic N) is 2. The third-order valence-electron chi connectivity index (χ3n) is 4.84. The van der Waals surface area contributed by atoms with Crippen molar-refractivity contribution in [2.24, 2.45) is 0 Å². The highest BCUT2D eigenvalue weighted by molar-refractivity contribution is 7.10. The molecule has 1 aliphatic heterocycles. The summed E-state index contributed by atoms with van der Waals surface area (Å²) in [4.78, 5) is 32.1. The molecule has 1 amide bonds. The van der Waals surface area contributed by atoms with Crippen molar-refractivity contribution < 1.29 is 19.1 Å². The summed E-state index contributed by atoms with van der Waals surface area (Å²) >= 11 is 1.39. The number of aliphatic hydroxyl groups excluding tert-OH is 1. The van der Waals surface area contributed by atoms with Gasteiger partial charge >= 0.3 is 0 Å². The number of hydrogen-bond donors (Lipinski definition) is 1. The van der Waals surface area contributed by atoms with Gasteiger partial charge in [-0.2, -0.15) is 0 Å². The van der Waals surface area contributed by atoms with E-state index in [0.29, 0.717) is 16.8 Å². The molecule has 3 aromatic rings. The molecule has 0 aliphatic carbocycles. The number of ketones is 1. The van der Waals surface area contributed by atoms with Crippen LogP contribution in [0.1, 0.15) is 27.7 Å². The fourth-order valence-corrected chi connectivity index (χ4v) is 4.24. The molecule has 1 N–H and O–H groups in total. The van der Waals surface area contributed by atoms with E-state index in [1.807, 2.05) is 17.5 Å². The molecule has 0 spiro atoms. The van der Waals surface area contributed by atoms with E-state index in [-0.39, 0.29) is 17.9 Å². The average Bonchev–Trinajstić information content (AvgIpc) is 3.33. The van der Waals surface area contributed by atoms with Crippen molar-refractivity contribution in [1.82, 2.24) is 9.88 Å². The fourth-order valence-electron chi connectivity index (χ4n) is 3.40. The van der Waals surface area contributed by atoms with Crippen LogP contribution in [0.15, 0.2) is 65.7 Å². The highest BCUT2D eigenvalue weighted by atomic mass is 32.1. The molecule has 7 heteroatoms. The van der Waals surface area contributed by atoms with E-state index in [1.165, 1.54) is 34.4 Å². The van der Waals surface area contributed by atoms with Gasteiger partial charge < -0.3 is 10.0 Å². The highest BCUT2D eigenvalue weighted by Gasteiger charge is 2.46. The number of amides is 1. The molecule has 3 heterocycles. The molecule has 1 unspecified atom stereocenters. The van der Waals surface area contributed by atoms with Crippen LogP contribution in [0.4, 0.5) is 4.39 Å². The van der Waals surface area contributed by atoms with E-state index in [4.69, 9.17) is 0 Å². The van der Waals surface area contributed by atoms with Gasteiger partial charge in [-0.1, -0.05) is 12.1 Å². The SMILES string of the molecule is Cc1cc(/C(O)=C2/C(=O)C(=O)N(Cc3ccccn3)C2c2cccs2)ccc1F. The van der Waals surface area contributed by atoms with Crippen molar-refractivity contribution in [2.45, 2.75) is 19.5 Å². The van der Waals surface area contributed by atoms with E-state index >= 15 is 0 Å². The minimum Gasteiger partial charge on any atom is -0.507 e. The van der Waals surface area contributed by atoms with Crippen LogP contribution in [0.2, 0.25) is 0 Å². The van der Waals surface area contributed by atoms with Crippen molar-refractivity contribution in [3.05, 3.63) is 93.2 Å². The molecule has 1 saturated heterocycles. The topological polar surface area (TPSA) is 70.5 Å². The van der Waals surface area contributed by atoms with E-state index < -0.39 is 23.5 Å². The Balaban J connectivity index is 1.84. The second kappa shape index (κ2) is 7.60. The molecular weight excluding hydrogens is 391 g/mol. The summed E-state index contributed by atoms with van der Waals surface area (Å²) in [5, 5.41) is 12.8. The van der Waals surface area contributed by atoms with Crippen molar-refractivity contribution in [1.29, 1.82) is 0 Å². The molecule has 146 valence electrons. The number of hydrogen-bond acceptors (Lipinski definition) is 5. The van der Waals surface area contributed by atoms with Crippen LogP contribution in [0.3, 0.4) is 0 Å². The number of likely N-dealkylation sites (tertiary alicyclic amines) is 1. The zero-order chi connectivity index (χ0) is 20.5. The molecule has 1 aromatic carbocycles. The van der Waals surface area contributed by atoms with Gasteiger partial charge in [-0.25, -0.2) is 4.39 Å². The summed E-state index contributed by atoms with van der Waals surface area (Å²) in [6, 6.07) is 12.3. The van der Waals surface area contributed by atoms with E-state index in [1.54, 1.807) is 31.3 Å². The predicted molar refractivity (Wildman–Crippen MR) is 108 cm³/mol. The largest absolute Gasteiger partial charge is 0.507 e. The van der Waals surface area contributed by atoms with Crippen LogP contribution in [-0.2, 0) is 16.1 Å². The summed E-state index contributed by atoms with van der Waals surface area (Å²) < 4.78 is 13.7. The number of aryl methyl sites for hydroxylation is 1. The minimum absolute atomic E-state index is 0.000565. The summed E-state index contributed by atoms with van der Waals surface area (Å²) in [5.74, 6) is -2.19. The maximum atomic E-state index is 13.7. The van der Waals surface area contributed by atoms with Crippen LogP contribution in [0.5, 0.6) is 0 Å². The van der Waals surface area contributed by atoms with Gasteiger partial charge in [0.25, 0.3) is 11.7 Å². The number of aromatic nitrogens is 1. The second-order valence-corrected chi connectivity index (χ2v) is 7.71. The molecule has 4 rings (SSSR count). The van der Waals surface area contributed by atoms with Crippen LogP contribution in [0, 0.1) is 12.7 Å². The fraction of sp³-hybridized carbons (Fsp3) is 0.136. The normalized spacial score (nSPS) is 18.4. The van der Waals surface area contributed by atoms with Gasteiger partial charge in [-0.15, -0.1) is 11.3 Å². The van der Waals surface area contributed by atoms with Crippen molar-refractivity contribution >= 4 is 28.8 Å². The maximum absolute atomic E-state index is 13.7. The summed E-state index contributed by atoms with van der Waals surface area (Å²) in [6.45, 7) is 1.70. The smallest absolute Gasteiger partial charge is 0.296 e. The van der Waals surface area contributed by atoms with Crippen molar-refractivity contribution in [2.75, 3.05) is 0 Å². The summed E-state index contributed by atoms with van der Waals surface area (Å²) in [6.07, 6.45) is 1.62. The van der Waals surface area contributed by atoms with E-state index in [2.05, 4.69) is 4.98 Å². The Hall–Kier alpha value is -3.32. The van der Waals surface area contributed by atoms with Gasteiger partial charge in [0.2, 0.25) is 0 Å². The molecule has 1 aliphatic rings. The average molecular weight is 408 g/mol. The van der Waals surface area contributed by atoms with E-state index in [0.717, 1.165) is 4.88 Å². The first-order valence-electron chi connectivity index (χ1n) is 8.95. The molecule has 1 atom stereocenters. The van der Waals surface area contributed by atoms with Gasteiger partial charge in [0, 0.05) is 16.6 Å². The molecule has 5 nitrogen and oxygen atoms in total. The lowest BCUT2D eigenvalue weighted by molar-refractivity contribution is -0.140. The number of benzene rings is 1. The van der Waals surface area contributed by atoms with Crippen LogP contribution in [-0.4, -0.2) is 26.7 Å². The molecular formula is C22H17FN2O3S. The zero-order valence-corrected chi connectivity index (χ0v) is 16.3. The number of carbonyl (C=O) groups is 2. The van der Waals surface area contributed by atoms with Gasteiger partial charge in [0.05, 0.1) is 17.8 Å². The second-order valence-electron chi connectivity index (χ2n) is 6.73. The molecule has 1 fully saturated rings. The number of thiophene rings is 1. The lowest BCUT2D eigenvalue weighted by Gasteiger charge is -2.23. The maximum Gasteiger partial charge on any atom is 0.296 e. The molecule has 0 bridgehead atoms. The van der Waals surface area contributed by atoms with Gasteiger partial charge in [0.15, 0.2) is 0 Å². The number of aliphatic hydroxyl groups is 1. The first kappa shape index (κ1) is 19.0. The quantitative estimate of drug-likeness (QED) is 0.399. The van der Waals surface area contributed by atoms with Crippen molar-refractivity contribution in [3.63, 3.8) is 0 Å². The standard InChI is InChI=1S/C22H17FN2O3S/c1-13-11-14(7-8-16(13)23)20(26)18-19(17-6-4-10-29-17)25(22(28)21(18)27)12-15-5-2-3-9-24-15/h2-11,19,26H,12H2,1H3/b20-18-. The number of carbonyl (C=O) groups excluding carboxylic acids is 2. The van der Waals surface area contributed by atoms with Crippen LogP contribution < -0.4 is 0 Å². The monoisotopic (exact) mass is 408 g/mol. The Kier molecular flexibility index (Phi) is 4.98. The molecule has 0 radical (unpaired) electrons. The Morgan fingerprint density at radius 1 is 1.21 bits per heavy atom. The molecule has 29 heavy (non-hydrogen) atoms. The van der Waals surface area contributed by atoms with Crippen LogP contribution in [0.25, 0.3) is 5.76 Å². The highest BCUT2D eigenvalue weighted by Crippen LogP contribution is 2.41. The Morgan fingerprint density at radius 3 is 2.69 bits per heavy atom. The van der Waals surface area contributed by atoms with Gasteiger partial charge in [-0.3, -0.25) is 14.6 Å². The number of rotatable bonds is 4. The predicted octanol–water partition coefficient (Wildman–Crippen LogP) is 4.21. The number of Topliss-reactive ketones (excluding diaryl/α,β-unsaturated/α-hetero) is 1. The lowest BCUT2D eigenvalue weighted by atomic mass is 9.99. The summed E-state index contributed by atoms with van der Waals surface area (Å²) in [5.41, 5.74) is 1.26. The Labute approximate surface area is 170 Å². The molecule has 2 aromatic heterocycles. The minimum atomic E-state index is -0.765. The molecule has 0 saturated carbocycles. The van der Waals surface area contributed by atoms with Gasteiger partial charge in [-0.05, 0) is 54.3 Å². The first-order valence-corrected chi connectivity index (χ1v) is 9.83. The Morgan fingerprint density at radius 2 is 2.03 bits per heavy atom. The first-order chi connectivity index (χ1) is 14.0. The number of halogens is 1.